The van der Waals surface area contributed by atoms with Gasteiger partial charge in [0.05, 0.1) is 0 Å². The van der Waals surface area contributed by atoms with E-state index in [0.29, 0.717) is 6.54 Å². The molecule has 1 aromatic heterocycles. The van der Waals surface area contributed by atoms with Gasteiger partial charge in [-0.25, -0.2) is 0 Å². The van der Waals surface area contributed by atoms with E-state index < -0.39 is 0 Å². The monoisotopic (exact) mass is 253 g/mol. The standard InChI is InChI=1S/C11H12BrNO/c1-7-9(4-5-13)10-6-8(12)2-3-11(10)14-7/h2-3,6H,4-5,13H2,1H3. The minimum absolute atomic E-state index is 0.655. The van der Waals surface area contributed by atoms with Gasteiger partial charge in [-0.3, -0.25) is 0 Å². The average molecular weight is 254 g/mol. The third kappa shape index (κ3) is 1.57. The second kappa shape index (κ2) is 3.75. The Bertz CT molecular complexity index is 462. The number of fused-ring (bicyclic) bond motifs is 1. The van der Waals surface area contributed by atoms with Crippen molar-refractivity contribution in [3.8, 4) is 0 Å². The lowest BCUT2D eigenvalue weighted by Gasteiger charge is -1.96. The van der Waals surface area contributed by atoms with Crippen molar-refractivity contribution in [2.45, 2.75) is 13.3 Å². The van der Waals surface area contributed by atoms with Gasteiger partial charge < -0.3 is 10.2 Å². The van der Waals surface area contributed by atoms with Gasteiger partial charge in [-0.15, -0.1) is 0 Å². The number of nitrogens with two attached hydrogens (primary N) is 1. The molecule has 0 radical (unpaired) electrons. The average Bonchev–Trinajstić information content (AvgIpc) is 2.45. The van der Waals surface area contributed by atoms with Crippen LogP contribution in [0.2, 0.25) is 0 Å². The van der Waals surface area contributed by atoms with Crippen molar-refractivity contribution in [2.24, 2.45) is 5.73 Å². The Balaban J connectivity index is 2.66. The summed E-state index contributed by atoms with van der Waals surface area (Å²) in [5.41, 5.74) is 7.73. The fourth-order valence-electron chi connectivity index (χ4n) is 1.70. The molecule has 74 valence electrons. The SMILES string of the molecule is Cc1oc2ccc(Br)cc2c1CCN. The summed E-state index contributed by atoms with van der Waals surface area (Å²) in [7, 11) is 0. The van der Waals surface area contributed by atoms with Gasteiger partial charge in [0.1, 0.15) is 11.3 Å². The number of halogens is 1. The molecule has 3 heteroatoms. The van der Waals surface area contributed by atoms with Crippen molar-refractivity contribution >= 4 is 26.9 Å². The van der Waals surface area contributed by atoms with Crippen LogP contribution in [0.3, 0.4) is 0 Å². The van der Waals surface area contributed by atoms with Crippen molar-refractivity contribution in [1.29, 1.82) is 0 Å². The fourth-order valence-corrected chi connectivity index (χ4v) is 2.06. The van der Waals surface area contributed by atoms with Crippen LogP contribution in [-0.2, 0) is 6.42 Å². The Morgan fingerprint density at radius 2 is 2.21 bits per heavy atom. The molecule has 0 unspecified atom stereocenters. The first-order valence-electron chi connectivity index (χ1n) is 4.60. The van der Waals surface area contributed by atoms with Crippen LogP contribution in [0, 0.1) is 6.92 Å². The molecular formula is C11H12BrNO. The largest absolute Gasteiger partial charge is 0.461 e. The number of hydrogen-bond acceptors (Lipinski definition) is 2. The molecule has 0 fully saturated rings. The maximum absolute atomic E-state index is 5.63. The molecule has 0 amide bonds. The Hall–Kier alpha value is -0.800. The van der Waals surface area contributed by atoms with Gasteiger partial charge in [0.15, 0.2) is 0 Å². The zero-order valence-electron chi connectivity index (χ0n) is 8.01. The lowest BCUT2D eigenvalue weighted by molar-refractivity contribution is 0.572. The summed E-state index contributed by atoms with van der Waals surface area (Å²) in [5.74, 6) is 0.976. The number of hydrogen-bond donors (Lipinski definition) is 1. The topological polar surface area (TPSA) is 39.2 Å². The molecule has 0 saturated heterocycles. The summed E-state index contributed by atoms with van der Waals surface area (Å²) in [6.45, 7) is 2.64. The normalized spacial score (nSPS) is 11.1. The van der Waals surface area contributed by atoms with Gasteiger partial charge in [0, 0.05) is 15.4 Å². The molecule has 0 saturated carbocycles. The number of rotatable bonds is 2. The highest BCUT2D eigenvalue weighted by Gasteiger charge is 2.09. The summed E-state index contributed by atoms with van der Waals surface area (Å²) in [6.07, 6.45) is 0.870. The summed E-state index contributed by atoms with van der Waals surface area (Å²) >= 11 is 3.45. The Morgan fingerprint density at radius 3 is 2.93 bits per heavy atom. The molecule has 2 nitrogen and oxygen atoms in total. The third-order valence-electron chi connectivity index (χ3n) is 2.35. The molecule has 14 heavy (non-hydrogen) atoms. The van der Waals surface area contributed by atoms with E-state index in [2.05, 4.69) is 22.0 Å². The second-order valence-electron chi connectivity index (χ2n) is 3.32. The van der Waals surface area contributed by atoms with E-state index in [1.807, 2.05) is 19.1 Å². The van der Waals surface area contributed by atoms with Gasteiger partial charge in [-0.05, 0) is 38.1 Å². The molecule has 0 aliphatic rings. The molecule has 0 aliphatic carbocycles. The summed E-state index contributed by atoms with van der Waals surface area (Å²) in [6, 6.07) is 6.04. The van der Waals surface area contributed by atoms with E-state index in [4.69, 9.17) is 10.2 Å². The van der Waals surface area contributed by atoms with E-state index in [1.165, 1.54) is 10.9 Å². The zero-order chi connectivity index (χ0) is 10.1. The summed E-state index contributed by atoms with van der Waals surface area (Å²) in [4.78, 5) is 0. The molecule has 0 aliphatic heterocycles. The van der Waals surface area contributed by atoms with Gasteiger partial charge in [-0.2, -0.15) is 0 Å². The second-order valence-corrected chi connectivity index (χ2v) is 4.23. The smallest absolute Gasteiger partial charge is 0.134 e. The molecule has 1 heterocycles. The Morgan fingerprint density at radius 1 is 1.43 bits per heavy atom. The number of benzene rings is 1. The van der Waals surface area contributed by atoms with Crippen LogP contribution in [0.4, 0.5) is 0 Å². The van der Waals surface area contributed by atoms with E-state index in [1.54, 1.807) is 0 Å². The highest BCUT2D eigenvalue weighted by Crippen LogP contribution is 2.28. The zero-order valence-corrected chi connectivity index (χ0v) is 9.60. The molecule has 2 aromatic rings. The molecule has 0 atom stereocenters. The molecule has 1 aromatic carbocycles. The Kier molecular flexibility index (Phi) is 2.61. The number of aryl methyl sites for hydroxylation is 1. The third-order valence-corrected chi connectivity index (χ3v) is 2.84. The van der Waals surface area contributed by atoms with Gasteiger partial charge >= 0.3 is 0 Å². The minimum atomic E-state index is 0.655. The summed E-state index contributed by atoms with van der Waals surface area (Å²) < 4.78 is 6.70. The first-order valence-corrected chi connectivity index (χ1v) is 5.39. The van der Waals surface area contributed by atoms with E-state index in [0.717, 1.165) is 22.2 Å². The minimum Gasteiger partial charge on any atom is -0.461 e. The van der Waals surface area contributed by atoms with E-state index in [9.17, 15) is 0 Å². The maximum Gasteiger partial charge on any atom is 0.134 e. The van der Waals surface area contributed by atoms with Crippen molar-refractivity contribution in [2.75, 3.05) is 6.54 Å². The lowest BCUT2D eigenvalue weighted by atomic mass is 10.1. The quantitative estimate of drug-likeness (QED) is 0.894. The van der Waals surface area contributed by atoms with Gasteiger partial charge in [0.25, 0.3) is 0 Å². The predicted molar refractivity (Wildman–Crippen MR) is 61.4 cm³/mol. The lowest BCUT2D eigenvalue weighted by Crippen LogP contribution is -2.02. The van der Waals surface area contributed by atoms with Crippen LogP contribution < -0.4 is 5.73 Å². The molecule has 0 spiro atoms. The van der Waals surface area contributed by atoms with Crippen LogP contribution in [0.1, 0.15) is 11.3 Å². The van der Waals surface area contributed by atoms with Crippen LogP contribution in [0.15, 0.2) is 27.1 Å². The molecule has 0 bridgehead atoms. The van der Waals surface area contributed by atoms with E-state index in [-0.39, 0.29) is 0 Å². The molecule has 2 N–H and O–H groups in total. The van der Waals surface area contributed by atoms with Crippen molar-refractivity contribution in [3.63, 3.8) is 0 Å². The first-order chi connectivity index (χ1) is 6.72. The van der Waals surface area contributed by atoms with Crippen molar-refractivity contribution in [1.82, 2.24) is 0 Å². The Labute approximate surface area is 91.2 Å². The van der Waals surface area contributed by atoms with Crippen LogP contribution in [-0.4, -0.2) is 6.54 Å². The highest BCUT2D eigenvalue weighted by atomic mass is 79.9. The van der Waals surface area contributed by atoms with Crippen molar-refractivity contribution < 1.29 is 4.42 Å². The number of furan rings is 1. The van der Waals surface area contributed by atoms with Gasteiger partial charge in [-0.1, -0.05) is 15.9 Å². The predicted octanol–water partition coefficient (Wildman–Crippen LogP) is 3.00. The molecule has 2 rings (SSSR count). The van der Waals surface area contributed by atoms with Gasteiger partial charge in [0.2, 0.25) is 0 Å². The van der Waals surface area contributed by atoms with Crippen molar-refractivity contribution in [3.05, 3.63) is 34.0 Å². The highest BCUT2D eigenvalue weighted by molar-refractivity contribution is 9.10. The molecular weight excluding hydrogens is 242 g/mol. The van der Waals surface area contributed by atoms with E-state index >= 15 is 0 Å². The van der Waals surface area contributed by atoms with Crippen LogP contribution >= 0.6 is 15.9 Å². The van der Waals surface area contributed by atoms with Crippen LogP contribution in [0.5, 0.6) is 0 Å². The first kappa shape index (κ1) is 9.74. The van der Waals surface area contributed by atoms with Crippen LogP contribution in [0.25, 0.3) is 11.0 Å². The summed E-state index contributed by atoms with van der Waals surface area (Å²) in [5, 5.41) is 1.17. The fraction of sp³-hybridized carbons (Fsp3) is 0.273. The maximum atomic E-state index is 5.63.